The fourth-order valence-electron chi connectivity index (χ4n) is 2.49. The molecule has 0 aliphatic heterocycles. The zero-order chi connectivity index (χ0) is 22.3. The molecule has 0 atom stereocenters. The van der Waals surface area contributed by atoms with Crippen LogP contribution in [0, 0.1) is 11.6 Å². The third kappa shape index (κ3) is 4.23. The lowest BCUT2D eigenvalue weighted by atomic mass is 10.1. The van der Waals surface area contributed by atoms with Gasteiger partial charge in [-0.05, 0) is 36.4 Å². The molecular weight excluding hydrogens is 428 g/mol. The number of halogens is 8. The number of hydrogen-bond acceptors (Lipinski definition) is 3. The first-order valence-corrected chi connectivity index (χ1v) is 7.85. The van der Waals surface area contributed by atoms with Crippen LogP contribution in [0.15, 0.2) is 42.5 Å². The van der Waals surface area contributed by atoms with Crippen molar-refractivity contribution in [1.29, 1.82) is 0 Å². The Morgan fingerprint density at radius 3 is 2.23 bits per heavy atom. The van der Waals surface area contributed by atoms with Gasteiger partial charge in [-0.2, -0.15) is 26.3 Å². The van der Waals surface area contributed by atoms with Crippen LogP contribution in [0.2, 0.25) is 0 Å². The number of aromatic nitrogens is 3. The summed E-state index contributed by atoms with van der Waals surface area (Å²) >= 11 is 0. The average Bonchev–Trinajstić information content (AvgIpc) is 3.08. The Morgan fingerprint density at radius 2 is 1.63 bits per heavy atom. The Balaban J connectivity index is 2.02. The standard InChI is InChI=1S/C17H8F8N4O/c18-8-2-1-3-10(6-8)29-14(17(23,24)25)13(27-28-29)15(30)26-9-4-5-12(19)11(7-9)16(20,21)22/h1-7H,(H,26,30). The molecule has 3 aromatic rings. The van der Waals surface area contributed by atoms with Gasteiger partial charge in [0.15, 0.2) is 11.4 Å². The average molecular weight is 436 g/mol. The Hall–Kier alpha value is -3.51. The number of alkyl halides is 6. The first-order valence-electron chi connectivity index (χ1n) is 7.85. The van der Waals surface area contributed by atoms with Crippen LogP contribution in [0.25, 0.3) is 5.69 Å². The molecule has 0 saturated carbocycles. The van der Waals surface area contributed by atoms with Gasteiger partial charge in [-0.25, -0.2) is 13.5 Å². The highest BCUT2D eigenvalue weighted by Crippen LogP contribution is 2.35. The normalized spacial score (nSPS) is 12.1. The highest BCUT2D eigenvalue weighted by molar-refractivity contribution is 6.03. The van der Waals surface area contributed by atoms with Gasteiger partial charge in [0.1, 0.15) is 11.6 Å². The van der Waals surface area contributed by atoms with Crippen molar-refractivity contribution in [2.75, 3.05) is 5.32 Å². The summed E-state index contributed by atoms with van der Waals surface area (Å²) in [6, 6.07) is 5.19. The van der Waals surface area contributed by atoms with Crippen LogP contribution >= 0.6 is 0 Å². The number of hydrogen-bond donors (Lipinski definition) is 1. The summed E-state index contributed by atoms with van der Waals surface area (Å²) in [6.07, 6.45) is -10.3. The molecule has 2 aromatic carbocycles. The monoisotopic (exact) mass is 436 g/mol. The van der Waals surface area contributed by atoms with Crippen molar-refractivity contribution in [2.24, 2.45) is 0 Å². The molecule has 5 nitrogen and oxygen atoms in total. The van der Waals surface area contributed by atoms with Crippen LogP contribution in [0.4, 0.5) is 40.8 Å². The molecule has 1 heterocycles. The summed E-state index contributed by atoms with van der Waals surface area (Å²) < 4.78 is 106. The van der Waals surface area contributed by atoms with E-state index < -0.39 is 58.2 Å². The van der Waals surface area contributed by atoms with E-state index in [0.29, 0.717) is 12.1 Å². The molecule has 0 saturated heterocycles. The highest BCUT2D eigenvalue weighted by Gasteiger charge is 2.42. The van der Waals surface area contributed by atoms with E-state index >= 15 is 0 Å². The molecule has 1 aromatic heterocycles. The van der Waals surface area contributed by atoms with Gasteiger partial charge in [0.05, 0.1) is 11.3 Å². The lowest BCUT2D eigenvalue weighted by Crippen LogP contribution is -2.21. The minimum atomic E-state index is -5.18. The predicted molar refractivity (Wildman–Crippen MR) is 85.7 cm³/mol. The smallest absolute Gasteiger partial charge is 0.321 e. The maximum absolute atomic E-state index is 13.5. The van der Waals surface area contributed by atoms with Crippen molar-refractivity contribution in [3.8, 4) is 5.69 Å². The van der Waals surface area contributed by atoms with Crippen molar-refractivity contribution in [3.05, 3.63) is 71.1 Å². The minimum Gasteiger partial charge on any atom is -0.321 e. The molecule has 1 N–H and O–H groups in total. The minimum absolute atomic E-state index is 0.170. The summed E-state index contributed by atoms with van der Waals surface area (Å²) in [5.74, 6) is -4.06. The van der Waals surface area contributed by atoms with Gasteiger partial charge in [0, 0.05) is 5.69 Å². The zero-order valence-corrected chi connectivity index (χ0v) is 14.3. The number of rotatable bonds is 3. The van der Waals surface area contributed by atoms with Crippen molar-refractivity contribution in [2.45, 2.75) is 12.4 Å². The van der Waals surface area contributed by atoms with E-state index in [1.54, 1.807) is 5.32 Å². The number of amides is 1. The number of nitrogens with zero attached hydrogens (tertiary/aromatic N) is 3. The number of benzene rings is 2. The molecule has 3 rings (SSSR count). The van der Waals surface area contributed by atoms with Crippen LogP contribution in [0.3, 0.4) is 0 Å². The van der Waals surface area contributed by atoms with E-state index in [4.69, 9.17) is 0 Å². The summed E-state index contributed by atoms with van der Waals surface area (Å²) in [5, 5.41) is 8.13. The van der Waals surface area contributed by atoms with Crippen LogP contribution in [0.5, 0.6) is 0 Å². The van der Waals surface area contributed by atoms with E-state index in [2.05, 4.69) is 10.3 Å². The largest absolute Gasteiger partial charge is 0.435 e. The molecular formula is C17H8F8N4O. The molecule has 13 heteroatoms. The third-order valence-corrected chi connectivity index (χ3v) is 3.74. The van der Waals surface area contributed by atoms with Crippen molar-refractivity contribution < 1.29 is 39.9 Å². The maximum Gasteiger partial charge on any atom is 0.435 e. The number of carbonyl (C=O) groups is 1. The summed E-state index contributed by atoms with van der Waals surface area (Å²) in [6.45, 7) is 0. The van der Waals surface area contributed by atoms with E-state index in [0.717, 1.165) is 24.3 Å². The lowest BCUT2D eigenvalue weighted by molar-refractivity contribution is -0.143. The van der Waals surface area contributed by atoms with Crippen molar-refractivity contribution >= 4 is 11.6 Å². The molecule has 0 bridgehead atoms. The highest BCUT2D eigenvalue weighted by atomic mass is 19.4. The first kappa shape index (κ1) is 21.2. The quantitative estimate of drug-likeness (QED) is 0.599. The number of anilines is 1. The molecule has 0 unspecified atom stereocenters. The van der Waals surface area contributed by atoms with Gasteiger partial charge in [-0.1, -0.05) is 11.3 Å². The fraction of sp³-hybridized carbons (Fsp3) is 0.118. The second-order valence-electron chi connectivity index (χ2n) is 5.82. The molecule has 0 radical (unpaired) electrons. The van der Waals surface area contributed by atoms with Gasteiger partial charge in [0.25, 0.3) is 5.91 Å². The van der Waals surface area contributed by atoms with Gasteiger partial charge >= 0.3 is 12.4 Å². The molecule has 158 valence electrons. The second kappa shape index (κ2) is 7.39. The topological polar surface area (TPSA) is 59.8 Å². The van der Waals surface area contributed by atoms with Crippen molar-refractivity contribution in [3.63, 3.8) is 0 Å². The van der Waals surface area contributed by atoms with Gasteiger partial charge in [0.2, 0.25) is 0 Å². The first-order chi connectivity index (χ1) is 13.9. The number of carbonyl (C=O) groups excluding carboxylic acids is 1. The summed E-state index contributed by atoms with van der Waals surface area (Å²) in [4.78, 5) is 12.3. The molecule has 0 aliphatic rings. The van der Waals surface area contributed by atoms with Gasteiger partial charge in [-0.15, -0.1) is 5.10 Å². The Morgan fingerprint density at radius 1 is 0.933 bits per heavy atom. The van der Waals surface area contributed by atoms with E-state index in [-0.39, 0.29) is 10.7 Å². The van der Waals surface area contributed by atoms with Crippen LogP contribution < -0.4 is 5.32 Å². The molecule has 0 fully saturated rings. The third-order valence-electron chi connectivity index (χ3n) is 3.74. The van der Waals surface area contributed by atoms with Gasteiger partial charge in [-0.3, -0.25) is 4.79 Å². The van der Waals surface area contributed by atoms with Crippen molar-refractivity contribution in [1.82, 2.24) is 15.0 Å². The molecule has 30 heavy (non-hydrogen) atoms. The Kier molecular flexibility index (Phi) is 5.22. The second-order valence-corrected chi connectivity index (χ2v) is 5.82. The van der Waals surface area contributed by atoms with Crippen LogP contribution in [-0.2, 0) is 12.4 Å². The van der Waals surface area contributed by atoms with Crippen LogP contribution in [0.1, 0.15) is 21.7 Å². The lowest BCUT2D eigenvalue weighted by Gasteiger charge is -2.12. The maximum atomic E-state index is 13.5. The van der Waals surface area contributed by atoms with Gasteiger partial charge < -0.3 is 5.32 Å². The molecule has 1 amide bonds. The van der Waals surface area contributed by atoms with E-state index in [9.17, 15) is 39.9 Å². The molecule has 0 spiro atoms. The van der Waals surface area contributed by atoms with E-state index in [1.807, 2.05) is 0 Å². The fourth-order valence-corrected chi connectivity index (χ4v) is 2.49. The van der Waals surface area contributed by atoms with E-state index in [1.165, 1.54) is 0 Å². The predicted octanol–water partition coefficient (Wildman–Crippen LogP) is 4.84. The van der Waals surface area contributed by atoms with Crippen LogP contribution in [-0.4, -0.2) is 20.9 Å². The Labute approximate surface area is 161 Å². The Bertz CT molecular complexity index is 1100. The SMILES string of the molecule is O=C(Nc1ccc(F)c(C(F)(F)F)c1)c1nnn(-c2cccc(F)c2)c1C(F)(F)F. The molecule has 0 aliphatic carbocycles. The number of nitrogens with one attached hydrogen (secondary N) is 1. The summed E-state index contributed by atoms with van der Waals surface area (Å²) in [5.41, 5.74) is -5.69. The summed E-state index contributed by atoms with van der Waals surface area (Å²) in [7, 11) is 0. The zero-order valence-electron chi connectivity index (χ0n) is 14.3.